The molecule has 0 saturated heterocycles. The van der Waals surface area contributed by atoms with Gasteiger partial charge < -0.3 is 10.6 Å². The number of carbonyl (C=O) groups excluding carboxylic acids is 1. The Morgan fingerprint density at radius 2 is 1.93 bits per heavy atom. The first-order valence-corrected chi connectivity index (χ1v) is 10.1. The van der Waals surface area contributed by atoms with Crippen molar-refractivity contribution in [3.8, 4) is 0 Å². The maximum Gasteiger partial charge on any atom is 0.232 e. The first kappa shape index (κ1) is 17.6. The molecule has 2 N–H and O–H groups in total. The van der Waals surface area contributed by atoms with E-state index < -0.39 is 0 Å². The van der Waals surface area contributed by atoms with E-state index in [1.54, 1.807) is 6.20 Å². The number of thiazole rings is 2. The number of anilines is 3. The third-order valence-electron chi connectivity index (χ3n) is 3.83. The van der Waals surface area contributed by atoms with E-state index >= 15 is 0 Å². The van der Waals surface area contributed by atoms with Gasteiger partial charge >= 0.3 is 0 Å². The summed E-state index contributed by atoms with van der Waals surface area (Å²) in [5.41, 5.74) is 3.90. The molecule has 136 valence electrons. The van der Waals surface area contributed by atoms with Gasteiger partial charge in [-0.25, -0.2) is 15.0 Å². The van der Waals surface area contributed by atoms with Gasteiger partial charge in [-0.05, 0) is 49.2 Å². The molecule has 8 heteroatoms. The smallest absolute Gasteiger partial charge is 0.232 e. The van der Waals surface area contributed by atoms with Gasteiger partial charge in [0.1, 0.15) is 5.82 Å². The van der Waals surface area contributed by atoms with Crippen LogP contribution in [0.4, 0.5) is 16.1 Å². The number of benzene rings is 1. The van der Waals surface area contributed by atoms with Gasteiger partial charge in [0, 0.05) is 11.6 Å². The van der Waals surface area contributed by atoms with Crippen LogP contribution in [0.25, 0.3) is 10.2 Å². The van der Waals surface area contributed by atoms with Crippen LogP contribution < -0.4 is 10.6 Å². The molecule has 1 amide bonds. The number of nitrogens with one attached hydrogen (secondary N) is 2. The van der Waals surface area contributed by atoms with Crippen molar-refractivity contribution < 1.29 is 4.79 Å². The highest BCUT2D eigenvalue weighted by atomic mass is 32.1. The fraction of sp³-hybridized carbons (Fsp3) is 0.158. The van der Waals surface area contributed by atoms with Gasteiger partial charge in [0.2, 0.25) is 5.91 Å². The second-order valence-electron chi connectivity index (χ2n) is 6.20. The van der Waals surface area contributed by atoms with Crippen molar-refractivity contribution in [1.82, 2.24) is 15.0 Å². The summed E-state index contributed by atoms with van der Waals surface area (Å²) in [6.45, 7) is 4.05. The van der Waals surface area contributed by atoms with Crippen LogP contribution in [-0.2, 0) is 11.2 Å². The first-order chi connectivity index (χ1) is 13.0. The summed E-state index contributed by atoms with van der Waals surface area (Å²) in [5.74, 6) is 0.612. The molecule has 1 aromatic carbocycles. The molecule has 4 aromatic rings. The van der Waals surface area contributed by atoms with E-state index in [-0.39, 0.29) is 12.3 Å². The molecule has 3 aromatic heterocycles. The molecule has 0 spiro atoms. The van der Waals surface area contributed by atoms with Crippen LogP contribution in [0.1, 0.15) is 16.8 Å². The largest absolute Gasteiger partial charge is 0.316 e. The third kappa shape index (κ3) is 4.29. The fourth-order valence-electron chi connectivity index (χ4n) is 2.57. The Balaban J connectivity index is 1.40. The molecular weight excluding hydrogens is 378 g/mol. The van der Waals surface area contributed by atoms with Crippen LogP contribution in [0.3, 0.4) is 0 Å². The van der Waals surface area contributed by atoms with Gasteiger partial charge in [0.15, 0.2) is 10.3 Å². The minimum absolute atomic E-state index is 0.128. The van der Waals surface area contributed by atoms with Crippen molar-refractivity contribution in [3.63, 3.8) is 0 Å². The number of rotatable bonds is 5. The van der Waals surface area contributed by atoms with Crippen molar-refractivity contribution in [3.05, 3.63) is 58.7 Å². The van der Waals surface area contributed by atoms with Crippen LogP contribution in [0, 0.1) is 13.8 Å². The molecule has 27 heavy (non-hydrogen) atoms. The van der Waals surface area contributed by atoms with E-state index in [0.29, 0.717) is 16.0 Å². The number of amides is 1. The van der Waals surface area contributed by atoms with Gasteiger partial charge in [-0.15, -0.1) is 11.3 Å². The zero-order valence-electron chi connectivity index (χ0n) is 14.8. The lowest BCUT2D eigenvalue weighted by Crippen LogP contribution is -2.14. The molecule has 4 rings (SSSR count). The summed E-state index contributed by atoms with van der Waals surface area (Å²) >= 11 is 2.93. The molecule has 0 atom stereocenters. The normalized spacial score (nSPS) is 10.9. The first-order valence-electron chi connectivity index (χ1n) is 8.36. The molecule has 0 bridgehead atoms. The molecule has 6 nitrogen and oxygen atoms in total. The van der Waals surface area contributed by atoms with Crippen LogP contribution >= 0.6 is 22.7 Å². The quantitative estimate of drug-likeness (QED) is 0.512. The molecular formula is C19H17N5OS2. The summed E-state index contributed by atoms with van der Waals surface area (Å²) in [6, 6.07) is 9.93. The summed E-state index contributed by atoms with van der Waals surface area (Å²) in [5, 5.41) is 9.23. The number of hydrogen-bond donors (Lipinski definition) is 2. The molecule has 0 aliphatic rings. The standard InChI is InChI=1S/C19H17N5OS2/c1-11-3-4-14-15(7-11)27-19(22-14)24-17(25)9-13-10-26-18(21-13)23-16-8-12(2)5-6-20-16/h3-8,10H,9H2,1-2H3,(H,20,21,23)(H,22,24,25). The number of pyridine rings is 1. The van der Waals surface area contributed by atoms with Crippen molar-refractivity contribution in [2.75, 3.05) is 10.6 Å². The van der Waals surface area contributed by atoms with Gasteiger partial charge in [0.25, 0.3) is 0 Å². The number of nitrogens with zero attached hydrogens (tertiary/aromatic N) is 3. The van der Waals surface area contributed by atoms with E-state index in [9.17, 15) is 4.79 Å². The zero-order valence-corrected chi connectivity index (χ0v) is 16.4. The Morgan fingerprint density at radius 1 is 1.07 bits per heavy atom. The van der Waals surface area contributed by atoms with E-state index in [1.165, 1.54) is 28.2 Å². The topological polar surface area (TPSA) is 79.8 Å². The minimum atomic E-state index is -0.128. The lowest BCUT2D eigenvalue weighted by Gasteiger charge is -2.02. The van der Waals surface area contributed by atoms with Crippen molar-refractivity contribution >= 4 is 54.9 Å². The minimum Gasteiger partial charge on any atom is -0.316 e. The maximum absolute atomic E-state index is 12.3. The third-order valence-corrected chi connectivity index (χ3v) is 5.57. The zero-order chi connectivity index (χ0) is 18.8. The molecule has 0 aliphatic heterocycles. The summed E-state index contributed by atoms with van der Waals surface area (Å²) < 4.78 is 1.07. The molecule has 0 saturated carbocycles. The van der Waals surface area contributed by atoms with Gasteiger partial charge in [-0.1, -0.05) is 17.4 Å². The predicted octanol–water partition coefficient (Wildman–Crippen LogP) is 4.69. The van der Waals surface area contributed by atoms with Crippen LogP contribution in [0.15, 0.2) is 41.9 Å². The van der Waals surface area contributed by atoms with Crippen LogP contribution in [0.2, 0.25) is 0 Å². The SMILES string of the molecule is Cc1ccnc(Nc2nc(CC(=O)Nc3nc4ccc(C)cc4s3)cs2)c1. The second kappa shape index (κ2) is 7.42. The van der Waals surface area contributed by atoms with Gasteiger partial charge in [-0.2, -0.15) is 0 Å². The van der Waals surface area contributed by atoms with Gasteiger partial charge in [0.05, 0.1) is 22.3 Å². The van der Waals surface area contributed by atoms with E-state index in [0.717, 1.165) is 21.6 Å². The molecule has 3 heterocycles. The summed E-state index contributed by atoms with van der Waals surface area (Å²) in [4.78, 5) is 25.5. The summed E-state index contributed by atoms with van der Waals surface area (Å²) in [6.07, 6.45) is 1.95. The average Bonchev–Trinajstić information content (AvgIpc) is 3.20. The maximum atomic E-state index is 12.3. The Bertz CT molecular complexity index is 1120. The average molecular weight is 396 g/mol. The Hall–Kier alpha value is -2.84. The molecule has 0 fully saturated rings. The van der Waals surface area contributed by atoms with Crippen LogP contribution in [-0.4, -0.2) is 20.9 Å². The lowest BCUT2D eigenvalue weighted by atomic mass is 10.2. The number of aryl methyl sites for hydroxylation is 2. The fourth-order valence-corrected chi connectivity index (χ4v) is 4.27. The number of fused-ring (bicyclic) bond motifs is 1. The Kier molecular flexibility index (Phi) is 4.83. The highest BCUT2D eigenvalue weighted by Crippen LogP contribution is 2.27. The molecule has 0 unspecified atom stereocenters. The van der Waals surface area contributed by atoms with Crippen molar-refractivity contribution in [2.45, 2.75) is 20.3 Å². The Labute approximate surface area is 164 Å². The highest BCUT2D eigenvalue weighted by Gasteiger charge is 2.11. The van der Waals surface area contributed by atoms with Gasteiger partial charge in [-0.3, -0.25) is 4.79 Å². The molecule has 0 radical (unpaired) electrons. The Morgan fingerprint density at radius 3 is 2.78 bits per heavy atom. The van der Waals surface area contributed by atoms with Crippen molar-refractivity contribution in [1.29, 1.82) is 0 Å². The van der Waals surface area contributed by atoms with E-state index in [2.05, 4.69) is 31.7 Å². The van der Waals surface area contributed by atoms with E-state index in [1.807, 2.05) is 43.5 Å². The summed E-state index contributed by atoms with van der Waals surface area (Å²) in [7, 11) is 0. The highest BCUT2D eigenvalue weighted by molar-refractivity contribution is 7.22. The lowest BCUT2D eigenvalue weighted by molar-refractivity contribution is -0.115. The molecule has 0 aliphatic carbocycles. The monoisotopic (exact) mass is 395 g/mol. The number of aromatic nitrogens is 3. The van der Waals surface area contributed by atoms with Crippen LogP contribution in [0.5, 0.6) is 0 Å². The van der Waals surface area contributed by atoms with E-state index in [4.69, 9.17) is 0 Å². The number of hydrogen-bond acceptors (Lipinski definition) is 7. The predicted molar refractivity (Wildman–Crippen MR) is 111 cm³/mol. The number of carbonyl (C=O) groups is 1. The van der Waals surface area contributed by atoms with Crippen molar-refractivity contribution in [2.24, 2.45) is 0 Å². The second-order valence-corrected chi connectivity index (χ2v) is 8.09.